The number of carbonyl (C=O) groups is 2. The van der Waals surface area contributed by atoms with Crippen LogP contribution in [0.25, 0.3) is 6.08 Å². The molecule has 0 amide bonds. The first-order chi connectivity index (χ1) is 10.6. The SMILES string of the molecule is CCOC(=O)Cn1cncc1C=C1CCCN(SC(C)=O)C1. The molecule has 0 N–H and O–H groups in total. The average molecular weight is 323 g/mol. The molecule has 0 aromatic carbocycles. The Morgan fingerprint density at radius 3 is 3.05 bits per heavy atom. The van der Waals surface area contributed by atoms with Crippen molar-refractivity contribution in [1.29, 1.82) is 0 Å². The van der Waals surface area contributed by atoms with Gasteiger partial charge in [0.1, 0.15) is 6.54 Å². The molecule has 7 heteroatoms. The number of hydrogen-bond acceptors (Lipinski definition) is 6. The van der Waals surface area contributed by atoms with Gasteiger partial charge in [-0.2, -0.15) is 0 Å². The van der Waals surface area contributed by atoms with Gasteiger partial charge in [-0.25, -0.2) is 9.29 Å². The summed E-state index contributed by atoms with van der Waals surface area (Å²) in [6, 6.07) is 0. The lowest BCUT2D eigenvalue weighted by Gasteiger charge is -2.26. The second-order valence-electron chi connectivity index (χ2n) is 5.10. The van der Waals surface area contributed by atoms with Crippen LogP contribution in [0.3, 0.4) is 0 Å². The van der Waals surface area contributed by atoms with Crippen LogP contribution in [0.2, 0.25) is 0 Å². The molecule has 6 nitrogen and oxygen atoms in total. The number of rotatable bonds is 5. The van der Waals surface area contributed by atoms with Gasteiger partial charge in [0.15, 0.2) is 0 Å². The average Bonchev–Trinajstić information content (AvgIpc) is 2.86. The number of carbonyl (C=O) groups excluding carboxylic acids is 2. The predicted molar refractivity (Wildman–Crippen MR) is 85.9 cm³/mol. The zero-order chi connectivity index (χ0) is 15.9. The summed E-state index contributed by atoms with van der Waals surface area (Å²) in [5.41, 5.74) is 2.13. The third-order valence-corrected chi connectivity index (χ3v) is 4.07. The molecule has 2 rings (SSSR count). The van der Waals surface area contributed by atoms with Crippen molar-refractivity contribution in [3.63, 3.8) is 0 Å². The van der Waals surface area contributed by atoms with Crippen molar-refractivity contribution in [2.45, 2.75) is 33.2 Å². The zero-order valence-corrected chi connectivity index (χ0v) is 13.8. The maximum atomic E-state index is 11.6. The van der Waals surface area contributed by atoms with Gasteiger partial charge in [0.2, 0.25) is 5.12 Å². The molecule has 0 radical (unpaired) electrons. The highest BCUT2D eigenvalue weighted by molar-refractivity contribution is 8.11. The van der Waals surface area contributed by atoms with Crippen molar-refractivity contribution < 1.29 is 14.3 Å². The van der Waals surface area contributed by atoms with Gasteiger partial charge in [-0.15, -0.1) is 0 Å². The Morgan fingerprint density at radius 2 is 2.32 bits per heavy atom. The van der Waals surface area contributed by atoms with E-state index >= 15 is 0 Å². The van der Waals surface area contributed by atoms with Crippen LogP contribution in [0.5, 0.6) is 0 Å². The van der Waals surface area contributed by atoms with Gasteiger partial charge in [0.25, 0.3) is 0 Å². The summed E-state index contributed by atoms with van der Waals surface area (Å²) in [7, 11) is 0. The molecule has 1 saturated heterocycles. The summed E-state index contributed by atoms with van der Waals surface area (Å²) in [5.74, 6) is -0.266. The van der Waals surface area contributed by atoms with E-state index in [1.165, 1.54) is 17.5 Å². The lowest BCUT2D eigenvalue weighted by Crippen LogP contribution is -2.26. The van der Waals surface area contributed by atoms with E-state index in [4.69, 9.17) is 4.74 Å². The first kappa shape index (κ1) is 16.8. The molecule has 120 valence electrons. The largest absolute Gasteiger partial charge is 0.465 e. The van der Waals surface area contributed by atoms with Crippen LogP contribution in [-0.2, 0) is 20.9 Å². The smallest absolute Gasteiger partial charge is 0.325 e. The van der Waals surface area contributed by atoms with Gasteiger partial charge < -0.3 is 9.30 Å². The lowest BCUT2D eigenvalue weighted by molar-refractivity contribution is -0.143. The summed E-state index contributed by atoms with van der Waals surface area (Å²) >= 11 is 1.27. The van der Waals surface area contributed by atoms with Gasteiger partial charge in [-0.3, -0.25) is 9.59 Å². The van der Waals surface area contributed by atoms with Crippen LogP contribution >= 0.6 is 11.9 Å². The normalized spacial score (nSPS) is 17.6. The molecule has 0 saturated carbocycles. The Labute approximate surface area is 134 Å². The highest BCUT2D eigenvalue weighted by Crippen LogP contribution is 2.24. The molecule has 1 aromatic heterocycles. The number of imidazole rings is 1. The maximum absolute atomic E-state index is 11.6. The van der Waals surface area contributed by atoms with Crippen molar-refractivity contribution in [3.8, 4) is 0 Å². The predicted octanol–water partition coefficient (Wildman–Crippen LogP) is 2.12. The number of nitrogens with zero attached hydrogens (tertiary/aromatic N) is 3. The van der Waals surface area contributed by atoms with Crippen LogP contribution < -0.4 is 0 Å². The molecule has 1 fully saturated rings. The Kier molecular flexibility index (Phi) is 6.21. The van der Waals surface area contributed by atoms with E-state index in [1.54, 1.807) is 30.9 Å². The summed E-state index contributed by atoms with van der Waals surface area (Å²) in [6.45, 7) is 5.59. The number of aromatic nitrogens is 2. The van der Waals surface area contributed by atoms with Crippen molar-refractivity contribution in [1.82, 2.24) is 13.9 Å². The molecule has 1 aliphatic heterocycles. The van der Waals surface area contributed by atoms with E-state index in [1.807, 2.05) is 0 Å². The lowest BCUT2D eigenvalue weighted by atomic mass is 10.1. The maximum Gasteiger partial charge on any atom is 0.325 e. The minimum atomic E-state index is -0.266. The van der Waals surface area contributed by atoms with Gasteiger partial charge in [-0.05, 0) is 37.8 Å². The Balaban J connectivity index is 2.04. The highest BCUT2D eigenvalue weighted by Gasteiger charge is 2.17. The van der Waals surface area contributed by atoms with Crippen molar-refractivity contribution in [2.75, 3.05) is 19.7 Å². The van der Waals surface area contributed by atoms with Gasteiger partial charge in [0, 0.05) is 20.0 Å². The zero-order valence-electron chi connectivity index (χ0n) is 12.9. The fraction of sp³-hybridized carbons (Fsp3) is 0.533. The van der Waals surface area contributed by atoms with E-state index in [2.05, 4.69) is 15.4 Å². The minimum absolute atomic E-state index is 0.105. The fourth-order valence-corrected chi connectivity index (χ4v) is 3.20. The molecule has 0 atom stereocenters. The Bertz CT molecular complexity index is 568. The molecule has 0 aliphatic carbocycles. The number of piperidine rings is 1. The molecule has 0 unspecified atom stereocenters. The van der Waals surface area contributed by atoms with Crippen molar-refractivity contribution in [3.05, 3.63) is 23.8 Å². The summed E-state index contributed by atoms with van der Waals surface area (Å²) in [5, 5.41) is 0.105. The molecule has 22 heavy (non-hydrogen) atoms. The Morgan fingerprint density at radius 1 is 1.50 bits per heavy atom. The fourth-order valence-electron chi connectivity index (χ4n) is 2.38. The molecule has 0 spiro atoms. The van der Waals surface area contributed by atoms with Crippen LogP contribution in [-0.4, -0.2) is 44.6 Å². The molecular weight excluding hydrogens is 302 g/mol. The topological polar surface area (TPSA) is 64.4 Å². The second-order valence-corrected chi connectivity index (χ2v) is 6.38. The van der Waals surface area contributed by atoms with Gasteiger partial charge in [-0.1, -0.05) is 5.57 Å². The van der Waals surface area contributed by atoms with Crippen LogP contribution in [0.4, 0.5) is 0 Å². The monoisotopic (exact) mass is 323 g/mol. The molecule has 0 bridgehead atoms. The van der Waals surface area contributed by atoms with Crippen LogP contribution in [0.1, 0.15) is 32.4 Å². The van der Waals surface area contributed by atoms with E-state index in [-0.39, 0.29) is 17.6 Å². The van der Waals surface area contributed by atoms with E-state index in [0.29, 0.717) is 6.61 Å². The first-order valence-electron chi connectivity index (χ1n) is 7.37. The van der Waals surface area contributed by atoms with E-state index < -0.39 is 0 Å². The van der Waals surface area contributed by atoms with E-state index in [9.17, 15) is 9.59 Å². The van der Waals surface area contributed by atoms with Crippen molar-refractivity contribution >= 4 is 29.1 Å². The molecule has 1 aromatic rings. The number of hydrogen-bond donors (Lipinski definition) is 0. The molecule has 2 heterocycles. The van der Waals surface area contributed by atoms with Gasteiger partial charge in [0.05, 0.1) is 24.8 Å². The number of ether oxygens (including phenoxy) is 1. The summed E-state index contributed by atoms with van der Waals surface area (Å²) < 4.78 is 8.82. The molecular formula is C15H21N3O3S. The molecule has 1 aliphatic rings. The summed E-state index contributed by atoms with van der Waals surface area (Å²) in [6.07, 6.45) is 7.45. The Hall–Kier alpha value is -1.60. The standard InChI is InChI=1S/C15H21N3O3S/c1-3-21-15(20)10-17-11-16-8-14(17)7-13-5-4-6-18(9-13)22-12(2)19/h7-8,11H,3-6,9-10H2,1-2H3. The van der Waals surface area contributed by atoms with Crippen LogP contribution in [0.15, 0.2) is 18.1 Å². The third-order valence-electron chi connectivity index (χ3n) is 3.24. The van der Waals surface area contributed by atoms with Gasteiger partial charge >= 0.3 is 5.97 Å². The van der Waals surface area contributed by atoms with E-state index in [0.717, 1.165) is 31.6 Å². The highest BCUT2D eigenvalue weighted by atomic mass is 32.2. The quantitative estimate of drug-likeness (QED) is 0.611. The van der Waals surface area contributed by atoms with Crippen LogP contribution in [0, 0.1) is 0 Å². The number of esters is 1. The minimum Gasteiger partial charge on any atom is -0.465 e. The second kappa shape index (κ2) is 8.14. The summed E-state index contributed by atoms with van der Waals surface area (Å²) in [4.78, 5) is 26.9. The van der Waals surface area contributed by atoms with Crippen molar-refractivity contribution in [2.24, 2.45) is 0 Å². The third kappa shape index (κ3) is 4.99. The first-order valence-corrected chi connectivity index (χ1v) is 8.14.